The molecule has 0 saturated carbocycles. The second-order valence-electron chi connectivity index (χ2n) is 24.2. The normalized spacial score (nSPS) is 12.8. The van der Waals surface area contributed by atoms with Crippen molar-refractivity contribution < 1.29 is 24.5 Å². The highest BCUT2D eigenvalue weighted by Crippen LogP contribution is 2.18. The van der Waals surface area contributed by atoms with Gasteiger partial charge in [-0.3, -0.25) is 9.59 Å². The molecule has 0 fully saturated rings. The van der Waals surface area contributed by atoms with Gasteiger partial charge < -0.3 is 20.3 Å². The number of hydrogen-bond donors (Lipinski definition) is 3. The minimum Gasteiger partial charge on any atom is -0.466 e. The number of ether oxygens (including phenoxy) is 1. The quantitative estimate of drug-likeness (QED) is 0.0320. The Morgan fingerprint density at radius 2 is 0.633 bits per heavy atom. The maximum atomic E-state index is 12.5. The molecule has 79 heavy (non-hydrogen) atoms. The van der Waals surface area contributed by atoms with Gasteiger partial charge in [-0.1, -0.05) is 326 Å². The topological polar surface area (TPSA) is 95.9 Å². The van der Waals surface area contributed by atoms with E-state index in [4.69, 9.17) is 4.74 Å². The monoisotopic (exact) mass is 1110 g/mol. The summed E-state index contributed by atoms with van der Waals surface area (Å²) in [6.07, 6.45) is 89.0. The van der Waals surface area contributed by atoms with Crippen LogP contribution in [-0.2, 0) is 14.3 Å². The Hall–Kier alpha value is -2.18. The first-order chi connectivity index (χ1) is 39.0. The number of amides is 1. The first-order valence-corrected chi connectivity index (χ1v) is 35.4. The van der Waals surface area contributed by atoms with E-state index in [1.54, 1.807) is 6.08 Å². The van der Waals surface area contributed by atoms with Crippen molar-refractivity contribution in [3.05, 3.63) is 48.6 Å². The summed E-state index contributed by atoms with van der Waals surface area (Å²) in [5, 5.41) is 23.3. The SMILES string of the molecule is CCCCC/C=C\CCCCCCCC(=O)OCCCCCCCCCCC/C=C\C/C=C\CCCCCCCCCCCCCC(=O)NC(CO)C(O)/C=C/CCCCCCCCCCCCCCCCCCCCCCC. The lowest BCUT2D eigenvalue weighted by atomic mass is 10.0. The lowest BCUT2D eigenvalue weighted by Crippen LogP contribution is -2.45. The Balaban J connectivity index is 3.45. The van der Waals surface area contributed by atoms with Crippen LogP contribution in [0, 0.1) is 0 Å². The van der Waals surface area contributed by atoms with E-state index < -0.39 is 12.1 Å². The van der Waals surface area contributed by atoms with Gasteiger partial charge in [0.2, 0.25) is 5.91 Å². The van der Waals surface area contributed by atoms with E-state index >= 15 is 0 Å². The van der Waals surface area contributed by atoms with Gasteiger partial charge in [-0.2, -0.15) is 0 Å². The van der Waals surface area contributed by atoms with Gasteiger partial charge in [0, 0.05) is 12.8 Å². The molecule has 0 heterocycles. The van der Waals surface area contributed by atoms with Crippen molar-refractivity contribution in [1.82, 2.24) is 5.32 Å². The summed E-state index contributed by atoms with van der Waals surface area (Å²) in [5.74, 6) is -0.0676. The molecule has 1 amide bonds. The molecule has 0 radical (unpaired) electrons. The van der Waals surface area contributed by atoms with Gasteiger partial charge >= 0.3 is 5.97 Å². The highest BCUT2D eigenvalue weighted by molar-refractivity contribution is 5.76. The summed E-state index contributed by atoms with van der Waals surface area (Å²) in [6, 6.07) is -0.632. The van der Waals surface area contributed by atoms with Crippen LogP contribution in [0.3, 0.4) is 0 Å². The molecule has 0 aliphatic carbocycles. The third-order valence-corrected chi connectivity index (χ3v) is 16.3. The number of carbonyl (C=O) groups excluding carboxylic acids is 2. The van der Waals surface area contributed by atoms with E-state index in [1.165, 1.54) is 302 Å². The molecule has 3 N–H and O–H groups in total. The summed E-state index contributed by atoms with van der Waals surface area (Å²) in [4.78, 5) is 24.5. The first kappa shape index (κ1) is 76.8. The van der Waals surface area contributed by atoms with Crippen molar-refractivity contribution in [2.45, 2.75) is 392 Å². The zero-order chi connectivity index (χ0) is 57.1. The summed E-state index contributed by atoms with van der Waals surface area (Å²) in [7, 11) is 0. The molecule has 464 valence electrons. The van der Waals surface area contributed by atoms with Gasteiger partial charge in [-0.25, -0.2) is 0 Å². The molecule has 0 rings (SSSR count). The maximum Gasteiger partial charge on any atom is 0.305 e. The number of rotatable bonds is 66. The van der Waals surface area contributed by atoms with E-state index in [2.05, 4.69) is 55.6 Å². The molecule has 0 aromatic heterocycles. The lowest BCUT2D eigenvalue weighted by molar-refractivity contribution is -0.143. The minimum absolute atomic E-state index is 0.000227. The molecule has 6 nitrogen and oxygen atoms in total. The number of allylic oxidation sites excluding steroid dienone is 7. The Morgan fingerprint density at radius 3 is 1.00 bits per heavy atom. The average molecular weight is 1110 g/mol. The van der Waals surface area contributed by atoms with Crippen molar-refractivity contribution >= 4 is 11.9 Å². The van der Waals surface area contributed by atoms with E-state index in [0.717, 1.165) is 51.4 Å². The van der Waals surface area contributed by atoms with Gasteiger partial charge in [0.05, 0.1) is 25.4 Å². The van der Waals surface area contributed by atoms with Crippen molar-refractivity contribution in [3.8, 4) is 0 Å². The van der Waals surface area contributed by atoms with Crippen LogP contribution in [0.1, 0.15) is 380 Å². The van der Waals surface area contributed by atoms with Gasteiger partial charge in [0.25, 0.3) is 0 Å². The fourth-order valence-electron chi connectivity index (χ4n) is 10.9. The molecule has 2 atom stereocenters. The van der Waals surface area contributed by atoms with Crippen molar-refractivity contribution in [1.29, 1.82) is 0 Å². The van der Waals surface area contributed by atoms with E-state index in [-0.39, 0.29) is 18.5 Å². The summed E-state index contributed by atoms with van der Waals surface area (Å²) < 4.78 is 5.47. The minimum atomic E-state index is -0.849. The molecule has 0 aromatic carbocycles. The number of unbranched alkanes of at least 4 members (excludes halogenated alkanes) is 49. The van der Waals surface area contributed by atoms with Crippen LogP contribution >= 0.6 is 0 Å². The number of aliphatic hydroxyl groups excluding tert-OH is 2. The van der Waals surface area contributed by atoms with E-state index in [1.807, 2.05) is 6.08 Å². The standard InChI is InChI=1S/C73H137NO5/c1-3-5-7-9-11-13-15-17-18-19-20-21-27-30-33-36-39-42-45-49-53-57-61-65-71(76)70(69-75)74-72(77)66-62-58-54-50-46-43-40-37-34-31-28-25-23-22-24-26-29-32-35-38-41-44-48-52-56-60-64-68-79-73(78)67-63-59-55-51-47-16-14-12-10-8-6-4-2/h12,14,22-23,26,29,61,65,70-71,75-76H,3-11,13,15-21,24-25,27-28,30-60,62-64,66-69H2,1-2H3,(H,74,77)/b14-12-,23-22-,29-26-,65-61+. The molecule has 0 bridgehead atoms. The van der Waals surface area contributed by atoms with E-state index in [9.17, 15) is 19.8 Å². The molecule has 2 unspecified atom stereocenters. The number of esters is 1. The van der Waals surface area contributed by atoms with Crippen LogP contribution in [0.5, 0.6) is 0 Å². The fraction of sp³-hybridized carbons (Fsp3) is 0.863. The van der Waals surface area contributed by atoms with Crippen LogP contribution < -0.4 is 5.32 Å². The van der Waals surface area contributed by atoms with E-state index in [0.29, 0.717) is 19.4 Å². The predicted octanol–water partition coefficient (Wildman–Crippen LogP) is 22.9. The van der Waals surface area contributed by atoms with Crippen LogP contribution in [0.15, 0.2) is 48.6 Å². The molecule has 6 heteroatoms. The molecular formula is C73H137NO5. The zero-order valence-electron chi connectivity index (χ0n) is 53.1. The average Bonchev–Trinajstić information content (AvgIpc) is 3.45. The van der Waals surface area contributed by atoms with Crippen molar-refractivity contribution in [2.75, 3.05) is 13.2 Å². The lowest BCUT2D eigenvalue weighted by Gasteiger charge is -2.20. The molecular weight excluding hydrogens is 971 g/mol. The fourth-order valence-corrected chi connectivity index (χ4v) is 10.9. The molecule has 0 aromatic rings. The van der Waals surface area contributed by atoms with Gasteiger partial charge in [0.1, 0.15) is 0 Å². The largest absolute Gasteiger partial charge is 0.466 e. The second-order valence-corrected chi connectivity index (χ2v) is 24.2. The number of nitrogens with one attached hydrogen (secondary N) is 1. The Morgan fingerprint density at radius 1 is 0.354 bits per heavy atom. The van der Waals surface area contributed by atoms with Crippen molar-refractivity contribution in [3.63, 3.8) is 0 Å². The summed E-state index contributed by atoms with van der Waals surface area (Å²) in [6.45, 7) is 4.90. The van der Waals surface area contributed by atoms with Gasteiger partial charge in [-0.05, 0) is 89.9 Å². The van der Waals surface area contributed by atoms with Crippen molar-refractivity contribution in [2.24, 2.45) is 0 Å². The number of carbonyl (C=O) groups is 2. The number of hydrogen-bond acceptors (Lipinski definition) is 5. The molecule has 0 aliphatic heterocycles. The molecule has 0 saturated heterocycles. The van der Waals surface area contributed by atoms with Crippen LogP contribution in [0.2, 0.25) is 0 Å². The Kier molecular flexibility index (Phi) is 66.4. The predicted molar refractivity (Wildman–Crippen MR) is 347 cm³/mol. The third-order valence-electron chi connectivity index (χ3n) is 16.3. The highest BCUT2D eigenvalue weighted by Gasteiger charge is 2.18. The highest BCUT2D eigenvalue weighted by atomic mass is 16.5. The summed E-state index contributed by atoms with van der Waals surface area (Å²) >= 11 is 0. The Labute approximate surface area is 493 Å². The zero-order valence-corrected chi connectivity index (χ0v) is 53.1. The summed E-state index contributed by atoms with van der Waals surface area (Å²) in [5.41, 5.74) is 0. The molecule has 0 spiro atoms. The third kappa shape index (κ3) is 64.8. The molecule has 0 aliphatic rings. The first-order valence-electron chi connectivity index (χ1n) is 35.4. The maximum absolute atomic E-state index is 12.5. The Bertz CT molecular complexity index is 1320. The van der Waals surface area contributed by atoms with Gasteiger partial charge in [-0.15, -0.1) is 0 Å². The number of aliphatic hydroxyl groups is 2. The second kappa shape index (κ2) is 68.3. The van der Waals surface area contributed by atoms with Crippen LogP contribution in [0.25, 0.3) is 0 Å². The van der Waals surface area contributed by atoms with Crippen LogP contribution in [-0.4, -0.2) is 47.4 Å². The van der Waals surface area contributed by atoms with Gasteiger partial charge in [0.15, 0.2) is 0 Å². The smallest absolute Gasteiger partial charge is 0.305 e. The van der Waals surface area contributed by atoms with Crippen LogP contribution in [0.4, 0.5) is 0 Å².